The zero-order chi connectivity index (χ0) is 17.4. The van der Waals surface area contributed by atoms with Crippen LogP contribution in [-0.4, -0.2) is 37.1 Å². The second-order valence-electron chi connectivity index (χ2n) is 7.22. The van der Waals surface area contributed by atoms with Gasteiger partial charge in [0.1, 0.15) is 0 Å². The lowest BCUT2D eigenvalue weighted by atomic mass is 9.99. The van der Waals surface area contributed by atoms with Crippen molar-refractivity contribution in [3.63, 3.8) is 0 Å². The summed E-state index contributed by atoms with van der Waals surface area (Å²) in [6.45, 7) is 1.17. The lowest BCUT2D eigenvalue weighted by Crippen LogP contribution is -2.35. The zero-order valence-electron chi connectivity index (χ0n) is 14.3. The number of aromatic amines is 1. The van der Waals surface area contributed by atoms with Crippen LogP contribution in [0.25, 0.3) is 10.9 Å². The minimum absolute atomic E-state index is 0.293. The molecule has 25 heavy (non-hydrogen) atoms. The minimum Gasteiger partial charge on any atom is -0.358 e. The molecule has 1 saturated heterocycles. The van der Waals surface area contributed by atoms with Crippen LogP contribution >= 0.6 is 0 Å². The number of fused-ring (bicyclic) bond motifs is 1. The molecule has 1 aromatic heterocycles. The first kappa shape index (κ1) is 16.8. The van der Waals surface area contributed by atoms with Crippen molar-refractivity contribution in [3.05, 3.63) is 29.5 Å². The predicted molar refractivity (Wildman–Crippen MR) is 97.5 cm³/mol. The molecule has 0 unspecified atom stereocenters. The lowest BCUT2D eigenvalue weighted by Gasteiger charge is -2.25. The first-order chi connectivity index (χ1) is 12.1. The van der Waals surface area contributed by atoms with Gasteiger partial charge in [0.15, 0.2) is 6.29 Å². The molecule has 134 valence electrons. The molecule has 1 aromatic carbocycles. The van der Waals surface area contributed by atoms with Crippen molar-refractivity contribution in [1.29, 1.82) is 0 Å². The topological polar surface area (TPSA) is 70.2 Å². The molecule has 2 aliphatic rings. The fourth-order valence-electron chi connectivity index (χ4n) is 4.29. The number of nitrogens with one attached hydrogen (secondary N) is 1. The Morgan fingerprint density at radius 1 is 1.04 bits per heavy atom. The van der Waals surface area contributed by atoms with Crippen molar-refractivity contribution in [2.45, 2.75) is 55.8 Å². The maximum absolute atomic E-state index is 12.9. The third kappa shape index (κ3) is 2.91. The lowest BCUT2D eigenvalue weighted by molar-refractivity contribution is 0.112. The highest BCUT2D eigenvalue weighted by Crippen LogP contribution is 2.38. The number of aromatic nitrogens is 1. The molecule has 2 fully saturated rings. The molecule has 4 rings (SSSR count). The number of carbonyl (C=O) groups excluding carboxylic acids is 1. The first-order valence-corrected chi connectivity index (χ1v) is 10.7. The van der Waals surface area contributed by atoms with Gasteiger partial charge in [0, 0.05) is 35.2 Å². The third-order valence-corrected chi connectivity index (χ3v) is 7.57. The van der Waals surface area contributed by atoms with Crippen LogP contribution in [0.15, 0.2) is 23.1 Å². The summed E-state index contributed by atoms with van der Waals surface area (Å²) in [6, 6.07) is 5.14. The van der Waals surface area contributed by atoms with Gasteiger partial charge in [-0.2, -0.15) is 4.31 Å². The molecule has 0 spiro atoms. The van der Waals surface area contributed by atoms with Gasteiger partial charge in [-0.25, -0.2) is 8.42 Å². The van der Waals surface area contributed by atoms with Crippen LogP contribution in [-0.2, 0) is 10.0 Å². The number of H-pyrrole nitrogens is 1. The summed E-state index contributed by atoms with van der Waals surface area (Å²) in [5.41, 5.74) is 2.47. The normalized spacial score (nSPS) is 20.3. The quantitative estimate of drug-likeness (QED) is 0.843. The van der Waals surface area contributed by atoms with E-state index in [0.29, 0.717) is 29.5 Å². The Bertz CT molecular complexity index is 889. The molecule has 0 amide bonds. The Labute approximate surface area is 148 Å². The molecule has 6 heteroatoms. The average Bonchev–Trinajstić information content (AvgIpc) is 3.29. The van der Waals surface area contributed by atoms with Crippen LogP contribution in [0, 0.1) is 0 Å². The van der Waals surface area contributed by atoms with Gasteiger partial charge < -0.3 is 4.98 Å². The molecule has 2 heterocycles. The van der Waals surface area contributed by atoms with E-state index in [0.717, 1.165) is 55.0 Å². The number of rotatable bonds is 4. The molecular formula is C19H24N2O3S. The summed E-state index contributed by atoms with van der Waals surface area (Å²) in [7, 11) is -3.48. The van der Waals surface area contributed by atoms with Crippen molar-refractivity contribution in [2.24, 2.45) is 0 Å². The van der Waals surface area contributed by atoms with Gasteiger partial charge in [0.05, 0.1) is 4.90 Å². The number of nitrogens with zero attached hydrogens (tertiary/aromatic N) is 1. The smallest absolute Gasteiger partial charge is 0.243 e. The summed E-state index contributed by atoms with van der Waals surface area (Å²) in [5.74, 6) is 0.384. The monoisotopic (exact) mass is 360 g/mol. The highest BCUT2D eigenvalue weighted by atomic mass is 32.2. The van der Waals surface area contributed by atoms with Crippen molar-refractivity contribution in [1.82, 2.24) is 9.29 Å². The standard InChI is InChI=1S/C19H24N2O3S/c22-13-17-16-12-15(25(23,24)21-10-4-1-5-11-21)8-9-18(16)20-19(17)14-6-2-3-7-14/h8-9,12-14,20H,1-7,10-11H2. The summed E-state index contributed by atoms with van der Waals surface area (Å²) in [5, 5.41) is 0.731. The van der Waals surface area contributed by atoms with Crippen molar-refractivity contribution >= 4 is 27.2 Å². The van der Waals surface area contributed by atoms with E-state index in [4.69, 9.17) is 0 Å². The number of sulfonamides is 1. The van der Waals surface area contributed by atoms with E-state index in [1.807, 2.05) is 0 Å². The zero-order valence-corrected chi connectivity index (χ0v) is 15.1. The second-order valence-corrected chi connectivity index (χ2v) is 9.16. The van der Waals surface area contributed by atoms with E-state index >= 15 is 0 Å². The highest BCUT2D eigenvalue weighted by Gasteiger charge is 2.28. The van der Waals surface area contributed by atoms with Gasteiger partial charge in [-0.3, -0.25) is 4.79 Å². The summed E-state index contributed by atoms with van der Waals surface area (Å²) < 4.78 is 27.4. The van der Waals surface area contributed by atoms with E-state index in [9.17, 15) is 13.2 Å². The fourth-order valence-corrected chi connectivity index (χ4v) is 5.83. The maximum atomic E-state index is 12.9. The fraction of sp³-hybridized carbons (Fsp3) is 0.526. The van der Waals surface area contributed by atoms with Gasteiger partial charge in [-0.1, -0.05) is 19.3 Å². The van der Waals surface area contributed by atoms with E-state index in [1.54, 1.807) is 22.5 Å². The van der Waals surface area contributed by atoms with E-state index < -0.39 is 10.0 Å². The van der Waals surface area contributed by atoms with Crippen LogP contribution in [0.1, 0.15) is 66.9 Å². The van der Waals surface area contributed by atoms with Crippen molar-refractivity contribution < 1.29 is 13.2 Å². The van der Waals surface area contributed by atoms with Crippen molar-refractivity contribution in [3.8, 4) is 0 Å². The molecular weight excluding hydrogens is 336 g/mol. The first-order valence-electron chi connectivity index (χ1n) is 9.22. The number of aldehydes is 1. The predicted octanol–water partition coefficient (Wildman–Crippen LogP) is 3.81. The SMILES string of the molecule is O=Cc1c(C2CCCC2)[nH]c2ccc(S(=O)(=O)N3CCCCC3)cc12. The molecule has 1 aliphatic heterocycles. The molecule has 0 bridgehead atoms. The van der Waals surface area contributed by atoms with Crippen LogP contribution in [0.4, 0.5) is 0 Å². The van der Waals surface area contributed by atoms with Gasteiger partial charge >= 0.3 is 0 Å². The van der Waals surface area contributed by atoms with E-state index in [2.05, 4.69) is 4.98 Å². The molecule has 1 aliphatic carbocycles. The number of hydrogen-bond acceptors (Lipinski definition) is 3. The number of hydrogen-bond donors (Lipinski definition) is 1. The van der Waals surface area contributed by atoms with Crippen LogP contribution in [0.2, 0.25) is 0 Å². The van der Waals surface area contributed by atoms with Crippen LogP contribution < -0.4 is 0 Å². The van der Waals surface area contributed by atoms with Crippen LogP contribution in [0.3, 0.4) is 0 Å². The van der Waals surface area contributed by atoms with Gasteiger partial charge in [-0.05, 0) is 49.8 Å². The second kappa shape index (κ2) is 6.57. The Hall–Kier alpha value is -1.66. The van der Waals surface area contributed by atoms with Gasteiger partial charge in [0.25, 0.3) is 0 Å². The summed E-state index contributed by atoms with van der Waals surface area (Å²) >= 11 is 0. The van der Waals surface area contributed by atoms with Gasteiger partial charge in [0.2, 0.25) is 10.0 Å². The van der Waals surface area contributed by atoms with E-state index in [-0.39, 0.29) is 0 Å². The molecule has 5 nitrogen and oxygen atoms in total. The largest absolute Gasteiger partial charge is 0.358 e. The van der Waals surface area contributed by atoms with E-state index in [1.165, 1.54) is 12.8 Å². The Balaban J connectivity index is 1.78. The Morgan fingerprint density at radius 2 is 1.76 bits per heavy atom. The maximum Gasteiger partial charge on any atom is 0.243 e. The number of carbonyl (C=O) groups is 1. The number of benzene rings is 1. The third-order valence-electron chi connectivity index (χ3n) is 5.67. The average molecular weight is 360 g/mol. The Kier molecular flexibility index (Phi) is 4.41. The van der Waals surface area contributed by atoms with Gasteiger partial charge in [-0.15, -0.1) is 0 Å². The summed E-state index contributed by atoms with van der Waals surface area (Å²) in [6.07, 6.45) is 8.35. The highest BCUT2D eigenvalue weighted by molar-refractivity contribution is 7.89. The minimum atomic E-state index is -3.48. The van der Waals surface area contributed by atoms with Crippen molar-refractivity contribution in [2.75, 3.05) is 13.1 Å². The molecule has 1 saturated carbocycles. The molecule has 2 aromatic rings. The number of piperidine rings is 1. The Morgan fingerprint density at radius 3 is 2.44 bits per heavy atom. The molecule has 1 N–H and O–H groups in total. The molecule has 0 atom stereocenters. The summed E-state index contributed by atoms with van der Waals surface area (Å²) in [4.78, 5) is 15.4. The van der Waals surface area contributed by atoms with Crippen LogP contribution in [0.5, 0.6) is 0 Å². The molecule has 0 radical (unpaired) electrons.